The number of benzene rings is 2. The molecule has 36 heavy (non-hydrogen) atoms. The van der Waals surface area contributed by atoms with Crippen molar-refractivity contribution >= 4 is 45.1 Å². The fourth-order valence-electron chi connectivity index (χ4n) is 4.89. The lowest BCUT2D eigenvalue weighted by molar-refractivity contribution is -0.665. The normalized spacial score (nSPS) is 18.5. The van der Waals surface area contributed by atoms with Crippen LogP contribution in [0, 0.1) is 0 Å². The molecule has 5 rings (SSSR count). The molecule has 0 radical (unpaired) electrons. The monoisotopic (exact) mass is 509 g/mol. The van der Waals surface area contributed by atoms with E-state index >= 15 is 0 Å². The Balaban J connectivity index is 1.24. The van der Waals surface area contributed by atoms with Crippen molar-refractivity contribution in [3.05, 3.63) is 118 Å². The molecule has 182 valence electrons. The number of nitrogens with zero attached hydrogens (tertiary/aromatic N) is 2. The first kappa shape index (κ1) is 24.6. The molecule has 1 aliphatic heterocycles. The highest BCUT2D eigenvalue weighted by Crippen LogP contribution is 2.45. The topological polar surface area (TPSA) is 7.12 Å². The smallest absolute Gasteiger partial charge is 0.262 e. The molecule has 0 spiro atoms. The zero-order valence-electron chi connectivity index (χ0n) is 21.3. The largest absolute Gasteiger partial charge is 0.335 e. The van der Waals surface area contributed by atoms with Gasteiger partial charge in [-0.1, -0.05) is 83.8 Å². The van der Waals surface area contributed by atoms with Crippen molar-refractivity contribution in [1.82, 2.24) is 0 Å². The molecule has 0 amide bonds. The van der Waals surface area contributed by atoms with Gasteiger partial charge in [0.1, 0.15) is 11.2 Å². The molecule has 2 aliphatic rings. The van der Waals surface area contributed by atoms with E-state index in [0.29, 0.717) is 0 Å². The Kier molecular flexibility index (Phi) is 7.74. The number of hydrogen-bond donors (Lipinski definition) is 0. The molecule has 0 unspecified atom stereocenters. The number of allylic oxidation sites excluding steroid dienone is 10. The number of aryl methyl sites for hydroxylation is 1. The number of fused-ring (bicyclic) bond motifs is 2. The van der Waals surface area contributed by atoms with Gasteiger partial charge in [-0.25, -0.2) is 0 Å². The molecule has 0 N–H and O–H groups in total. The standard InChI is InChI=1S/C32H33N2S2/c1-4-33-27-16-8-10-18-29(27)35-31(33)20-12-6-14-25-22-23-26(24(25)3)15-7-13-21-32-34(5-2)28-17-9-11-19-30(28)36-32/h6-21H,4-5,22-23H2,1-3H3/q+1. The van der Waals surface area contributed by atoms with E-state index in [0.717, 1.165) is 25.9 Å². The van der Waals surface area contributed by atoms with Gasteiger partial charge in [0.15, 0.2) is 0 Å². The molecule has 1 aromatic heterocycles. The summed E-state index contributed by atoms with van der Waals surface area (Å²) in [4.78, 5) is 3.73. The predicted octanol–water partition coefficient (Wildman–Crippen LogP) is 8.84. The van der Waals surface area contributed by atoms with E-state index < -0.39 is 0 Å². The van der Waals surface area contributed by atoms with Gasteiger partial charge >= 0.3 is 0 Å². The number of rotatable bonds is 7. The van der Waals surface area contributed by atoms with Crippen molar-refractivity contribution < 1.29 is 4.57 Å². The Morgan fingerprint density at radius 1 is 0.889 bits per heavy atom. The average Bonchev–Trinajstić information content (AvgIpc) is 3.56. The molecule has 4 heteroatoms. The van der Waals surface area contributed by atoms with Crippen molar-refractivity contribution in [2.75, 3.05) is 11.4 Å². The lowest BCUT2D eigenvalue weighted by Crippen LogP contribution is -2.33. The fraction of sp³-hybridized carbons (Fsp3) is 0.219. The molecular weight excluding hydrogens is 477 g/mol. The van der Waals surface area contributed by atoms with Crippen LogP contribution in [0.25, 0.3) is 16.3 Å². The van der Waals surface area contributed by atoms with Crippen molar-refractivity contribution in [2.45, 2.75) is 45.1 Å². The first-order valence-electron chi connectivity index (χ1n) is 12.8. The second-order valence-corrected chi connectivity index (χ2v) is 11.0. The van der Waals surface area contributed by atoms with Crippen LogP contribution in [0.4, 0.5) is 5.69 Å². The van der Waals surface area contributed by atoms with E-state index in [-0.39, 0.29) is 0 Å². The van der Waals surface area contributed by atoms with Crippen molar-refractivity contribution in [1.29, 1.82) is 0 Å². The Labute approximate surface area is 223 Å². The average molecular weight is 510 g/mol. The summed E-state index contributed by atoms with van der Waals surface area (Å²) in [5.41, 5.74) is 6.94. The molecule has 0 bridgehead atoms. The van der Waals surface area contributed by atoms with E-state index in [9.17, 15) is 0 Å². The first-order chi connectivity index (χ1) is 17.7. The maximum Gasteiger partial charge on any atom is 0.262 e. The van der Waals surface area contributed by atoms with Crippen LogP contribution in [0.15, 0.2) is 118 Å². The third-order valence-corrected chi connectivity index (χ3v) is 9.09. The third-order valence-electron chi connectivity index (χ3n) is 6.83. The predicted molar refractivity (Wildman–Crippen MR) is 158 cm³/mol. The molecule has 1 aliphatic carbocycles. The van der Waals surface area contributed by atoms with Gasteiger partial charge in [-0.2, -0.15) is 4.57 Å². The molecule has 2 aromatic carbocycles. The number of thioether (sulfide) groups is 1. The zero-order chi connectivity index (χ0) is 24.9. The van der Waals surface area contributed by atoms with E-state index in [4.69, 9.17) is 0 Å². The third kappa shape index (κ3) is 5.07. The highest BCUT2D eigenvalue weighted by Gasteiger charge is 2.22. The quantitative estimate of drug-likeness (QED) is 0.232. The number of hydrogen-bond acceptors (Lipinski definition) is 3. The van der Waals surface area contributed by atoms with Gasteiger partial charge in [0.25, 0.3) is 5.01 Å². The minimum atomic E-state index is 0.984. The van der Waals surface area contributed by atoms with E-state index in [1.807, 2.05) is 23.1 Å². The lowest BCUT2D eigenvalue weighted by atomic mass is 10.1. The molecule has 0 saturated carbocycles. The summed E-state index contributed by atoms with van der Waals surface area (Å²) in [5.74, 6) is 0. The summed E-state index contributed by atoms with van der Waals surface area (Å²) in [6.07, 6.45) is 20.0. The molecule has 2 nitrogen and oxygen atoms in total. The van der Waals surface area contributed by atoms with E-state index in [2.05, 4.69) is 127 Å². The van der Waals surface area contributed by atoms with E-state index in [1.165, 1.54) is 47.6 Å². The van der Waals surface area contributed by atoms with Gasteiger partial charge in [0, 0.05) is 23.6 Å². The van der Waals surface area contributed by atoms with Crippen molar-refractivity contribution in [2.24, 2.45) is 0 Å². The Bertz CT molecular complexity index is 1450. The van der Waals surface area contributed by atoms with Gasteiger partial charge in [-0.15, -0.1) is 0 Å². The van der Waals surface area contributed by atoms with Crippen LogP contribution < -0.4 is 9.47 Å². The summed E-state index contributed by atoms with van der Waals surface area (Å²) in [6, 6.07) is 17.3. The highest BCUT2D eigenvalue weighted by atomic mass is 32.2. The maximum absolute atomic E-state index is 2.38. The van der Waals surface area contributed by atoms with Crippen LogP contribution in [0.1, 0.15) is 38.6 Å². The molecule has 0 saturated heterocycles. The highest BCUT2D eigenvalue weighted by molar-refractivity contribution is 8.03. The summed E-state index contributed by atoms with van der Waals surface area (Å²) in [5, 5.41) is 2.59. The second-order valence-electron chi connectivity index (χ2n) is 8.92. The summed E-state index contributed by atoms with van der Waals surface area (Å²) in [7, 11) is 0. The summed E-state index contributed by atoms with van der Waals surface area (Å²) in [6.45, 7) is 8.65. The van der Waals surface area contributed by atoms with Gasteiger partial charge in [-0.3, -0.25) is 0 Å². The SMILES string of the molecule is CCN1C(=CC=CC=C2CCC(C=CC=Cc3sc4ccccc4[n+]3CC)=C2C)Sc2ccccc21. The minimum Gasteiger partial charge on any atom is -0.335 e. The van der Waals surface area contributed by atoms with Gasteiger partial charge < -0.3 is 4.90 Å². The lowest BCUT2D eigenvalue weighted by Gasteiger charge is -2.17. The van der Waals surface area contributed by atoms with Crippen LogP contribution in [0.2, 0.25) is 0 Å². The molecule has 3 aromatic rings. The van der Waals surface area contributed by atoms with Crippen LogP contribution >= 0.6 is 23.1 Å². The Hall–Kier alpha value is -3.08. The number of thiazole rings is 1. The summed E-state index contributed by atoms with van der Waals surface area (Å²) < 4.78 is 3.73. The Morgan fingerprint density at radius 2 is 1.67 bits per heavy atom. The molecule has 0 atom stereocenters. The van der Waals surface area contributed by atoms with E-state index in [1.54, 1.807) is 0 Å². The van der Waals surface area contributed by atoms with Gasteiger partial charge in [-0.05, 0) is 74.6 Å². The number of aromatic nitrogens is 1. The number of anilines is 1. The van der Waals surface area contributed by atoms with Crippen molar-refractivity contribution in [3.63, 3.8) is 0 Å². The number of para-hydroxylation sites is 2. The second kappa shape index (κ2) is 11.3. The fourth-order valence-corrected chi connectivity index (χ4v) is 7.17. The minimum absolute atomic E-state index is 0.984. The Morgan fingerprint density at radius 3 is 2.53 bits per heavy atom. The van der Waals surface area contributed by atoms with Crippen LogP contribution in [0.5, 0.6) is 0 Å². The van der Waals surface area contributed by atoms with Gasteiger partial charge in [0.2, 0.25) is 5.52 Å². The van der Waals surface area contributed by atoms with Crippen molar-refractivity contribution in [3.8, 4) is 0 Å². The van der Waals surface area contributed by atoms with Gasteiger partial charge in [0.05, 0.1) is 10.7 Å². The molecule has 0 fully saturated rings. The maximum atomic E-state index is 2.38. The molecule has 2 heterocycles. The van der Waals surface area contributed by atoms with Crippen LogP contribution in [-0.2, 0) is 6.54 Å². The first-order valence-corrected chi connectivity index (χ1v) is 14.4. The van der Waals surface area contributed by atoms with Crippen LogP contribution in [0.3, 0.4) is 0 Å². The zero-order valence-corrected chi connectivity index (χ0v) is 22.9. The van der Waals surface area contributed by atoms with Crippen LogP contribution in [-0.4, -0.2) is 6.54 Å². The molecular formula is C32H33N2S2+. The summed E-state index contributed by atoms with van der Waals surface area (Å²) >= 11 is 3.71.